The van der Waals surface area contributed by atoms with Gasteiger partial charge in [0.2, 0.25) is 0 Å². The first-order chi connectivity index (χ1) is 13.8. The van der Waals surface area contributed by atoms with Crippen molar-refractivity contribution in [2.75, 3.05) is 40.0 Å². The summed E-state index contributed by atoms with van der Waals surface area (Å²) in [5.41, 5.74) is 0.299. The Hall–Kier alpha value is -1.53. The Kier molecular flexibility index (Phi) is 8.68. The van der Waals surface area contributed by atoms with Crippen molar-refractivity contribution in [3.63, 3.8) is 0 Å². The minimum atomic E-state index is 0.291. The molecule has 0 spiro atoms. The fourth-order valence-electron chi connectivity index (χ4n) is 4.29. The maximum atomic E-state index is 5.87. The number of nitrogens with one attached hydrogen (secondary N) is 2. The molecule has 1 aromatic heterocycles. The lowest BCUT2D eigenvalue weighted by atomic mass is 9.83. The Balaban J connectivity index is 1.55. The molecule has 1 aliphatic heterocycles. The van der Waals surface area contributed by atoms with Crippen molar-refractivity contribution >= 4 is 5.96 Å². The van der Waals surface area contributed by atoms with Gasteiger partial charge < -0.3 is 24.5 Å². The minimum Gasteiger partial charge on any atom is -0.469 e. The Bertz CT molecular complexity index is 562. The molecule has 1 aliphatic carbocycles. The summed E-state index contributed by atoms with van der Waals surface area (Å²) >= 11 is 0. The van der Waals surface area contributed by atoms with Crippen LogP contribution in [0.1, 0.15) is 57.1 Å². The molecule has 6 heteroatoms. The maximum absolute atomic E-state index is 5.87. The average molecular weight is 392 g/mol. The monoisotopic (exact) mass is 391 g/mol. The third-order valence-electron chi connectivity index (χ3n) is 6.09. The smallest absolute Gasteiger partial charge is 0.191 e. The van der Waals surface area contributed by atoms with Gasteiger partial charge >= 0.3 is 0 Å². The molecule has 0 radical (unpaired) electrons. The molecule has 1 unspecified atom stereocenters. The predicted octanol–water partition coefficient (Wildman–Crippen LogP) is 3.52. The topological polar surface area (TPSA) is 68.0 Å². The molecule has 1 aromatic rings. The number of ether oxygens (including phenoxy) is 2. The zero-order valence-electron chi connectivity index (χ0n) is 17.4. The second-order valence-electron chi connectivity index (χ2n) is 8.24. The van der Waals surface area contributed by atoms with Gasteiger partial charge in [0.25, 0.3) is 0 Å². The summed E-state index contributed by atoms with van der Waals surface area (Å²) in [7, 11) is 1.79. The lowest BCUT2D eigenvalue weighted by Gasteiger charge is -2.28. The zero-order chi connectivity index (χ0) is 19.5. The van der Waals surface area contributed by atoms with Crippen molar-refractivity contribution in [2.45, 2.75) is 63.9 Å². The summed E-state index contributed by atoms with van der Waals surface area (Å²) in [6.45, 7) is 4.18. The van der Waals surface area contributed by atoms with E-state index in [-0.39, 0.29) is 0 Å². The lowest BCUT2D eigenvalue weighted by molar-refractivity contribution is 0.0194. The van der Waals surface area contributed by atoms with Crippen LogP contribution in [-0.4, -0.2) is 52.0 Å². The summed E-state index contributed by atoms with van der Waals surface area (Å²) in [5.74, 6) is 1.89. The second-order valence-corrected chi connectivity index (χ2v) is 8.24. The van der Waals surface area contributed by atoms with Gasteiger partial charge in [0.15, 0.2) is 5.96 Å². The predicted molar refractivity (Wildman–Crippen MR) is 112 cm³/mol. The summed E-state index contributed by atoms with van der Waals surface area (Å²) in [6.07, 6.45) is 12.7. The first-order valence-corrected chi connectivity index (χ1v) is 10.9. The molecular formula is C22H37N3O3. The van der Waals surface area contributed by atoms with E-state index in [2.05, 4.69) is 10.6 Å². The number of methoxy groups -OCH3 is 1. The van der Waals surface area contributed by atoms with Gasteiger partial charge in [-0.15, -0.1) is 0 Å². The molecule has 0 bridgehead atoms. The summed E-state index contributed by atoms with van der Waals surface area (Å²) in [5, 5.41) is 7.01. The van der Waals surface area contributed by atoms with Crippen molar-refractivity contribution in [2.24, 2.45) is 10.4 Å². The highest BCUT2D eigenvalue weighted by Gasteiger charge is 2.33. The Morgan fingerprint density at radius 2 is 2.14 bits per heavy atom. The van der Waals surface area contributed by atoms with Crippen LogP contribution in [0, 0.1) is 5.41 Å². The molecule has 6 nitrogen and oxygen atoms in total. The summed E-state index contributed by atoms with van der Waals surface area (Å²) in [6, 6.07) is 3.95. The normalized spacial score (nSPS) is 22.3. The molecule has 0 aromatic carbocycles. The first-order valence-electron chi connectivity index (χ1n) is 10.9. The van der Waals surface area contributed by atoms with Crippen molar-refractivity contribution < 1.29 is 13.9 Å². The molecule has 2 aliphatic rings. The minimum absolute atomic E-state index is 0.291. The Morgan fingerprint density at radius 1 is 1.25 bits per heavy atom. The van der Waals surface area contributed by atoms with Gasteiger partial charge in [-0.25, -0.2) is 0 Å². The van der Waals surface area contributed by atoms with E-state index in [1.807, 2.05) is 12.1 Å². The van der Waals surface area contributed by atoms with Gasteiger partial charge in [-0.3, -0.25) is 4.99 Å². The van der Waals surface area contributed by atoms with E-state index in [1.54, 1.807) is 13.4 Å². The SMILES string of the molecule is COCCC1(CN=C(NCCc2ccco2)NCC2CCCCO2)CCCC1. The van der Waals surface area contributed by atoms with E-state index < -0.39 is 0 Å². The van der Waals surface area contributed by atoms with E-state index >= 15 is 0 Å². The van der Waals surface area contributed by atoms with Crippen LogP contribution in [0.3, 0.4) is 0 Å². The van der Waals surface area contributed by atoms with Gasteiger partial charge in [-0.05, 0) is 56.1 Å². The largest absolute Gasteiger partial charge is 0.469 e. The molecule has 28 heavy (non-hydrogen) atoms. The highest BCUT2D eigenvalue weighted by atomic mass is 16.5. The van der Waals surface area contributed by atoms with Crippen LogP contribution in [0.2, 0.25) is 0 Å². The molecule has 3 rings (SSSR count). The second kappa shape index (κ2) is 11.5. The van der Waals surface area contributed by atoms with Gasteiger partial charge in [-0.1, -0.05) is 12.8 Å². The van der Waals surface area contributed by atoms with Crippen LogP contribution in [0.15, 0.2) is 27.8 Å². The van der Waals surface area contributed by atoms with Crippen molar-refractivity contribution in [3.8, 4) is 0 Å². The average Bonchev–Trinajstić information content (AvgIpc) is 3.41. The first kappa shape index (κ1) is 21.2. The third kappa shape index (κ3) is 6.82. The van der Waals surface area contributed by atoms with Crippen LogP contribution < -0.4 is 10.6 Å². The lowest BCUT2D eigenvalue weighted by Crippen LogP contribution is -2.43. The number of guanidine groups is 1. The van der Waals surface area contributed by atoms with Crippen LogP contribution in [-0.2, 0) is 15.9 Å². The molecule has 2 heterocycles. The van der Waals surface area contributed by atoms with Gasteiger partial charge in [0.1, 0.15) is 5.76 Å². The fourth-order valence-corrected chi connectivity index (χ4v) is 4.29. The van der Waals surface area contributed by atoms with Crippen LogP contribution in [0.25, 0.3) is 0 Å². The highest BCUT2D eigenvalue weighted by molar-refractivity contribution is 5.79. The van der Waals surface area contributed by atoms with Gasteiger partial charge in [-0.2, -0.15) is 0 Å². The molecule has 1 atom stereocenters. The standard InChI is InChI=1S/C22H37N3O3/c1-26-16-12-22(10-3-4-11-22)18-25-21(23-13-9-19-8-6-15-27-19)24-17-20-7-2-5-14-28-20/h6,8,15,20H,2-5,7,9-14,16-18H2,1H3,(H2,23,24,25). The molecule has 0 amide bonds. The zero-order valence-corrected chi connectivity index (χ0v) is 17.4. The fraction of sp³-hybridized carbons (Fsp3) is 0.773. The molecule has 1 saturated carbocycles. The number of nitrogens with zero attached hydrogens (tertiary/aromatic N) is 1. The molecule has 2 N–H and O–H groups in total. The van der Waals surface area contributed by atoms with E-state index in [0.29, 0.717) is 11.5 Å². The summed E-state index contributed by atoms with van der Waals surface area (Å²) < 4.78 is 16.7. The Morgan fingerprint density at radius 3 is 2.86 bits per heavy atom. The maximum Gasteiger partial charge on any atom is 0.191 e. The molecule has 1 saturated heterocycles. The molecule has 2 fully saturated rings. The van der Waals surface area contributed by atoms with Crippen molar-refractivity contribution in [1.29, 1.82) is 0 Å². The van der Waals surface area contributed by atoms with Crippen LogP contribution in [0.5, 0.6) is 0 Å². The van der Waals surface area contributed by atoms with E-state index in [4.69, 9.17) is 18.9 Å². The summed E-state index contributed by atoms with van der Waals surface area (Å²) in [4.78, 5) is 4.99. The number of hydrogen-bond donors (Lipinski definition) is 2. The van der Waals surface area contributed by atoms with Gasteiger partial charge in [0, 0.05) is 46.4 Å². The van der Waals surface area contributed by atoms with Gasteiger partial charge in [0.05, 0.1) is 12.4 Å². The number of hydrogen-bond acceptors (Lipinski definition) is 4. The molecular weight excluding hydrogens is 354 g/mol. The molecule has 158 valence electrons. The van der Waals surface area contributed by atoms with Crippen LogP contribution >= 0.6 is 0 Å². The van der Waals surface area contributed by atoms with Crippen molar-refractivity contribution in [3.05, 3.63) is 24.2 Å². The van der Waals surface area contributed by atoms with E-state index in [9.17, 15) is 0 Å². The Labute approximate surface area is 169 Å². The number of furan rings is 1. The van der Waals surface area contributed by atoms with E-state index in [0.717, 1.165) is 63.8 Å². The third-order valence-corrected chi connectivity index (χ3v) is 6.09. The van der Waals surface area contributed by atoms with Crippen LogP contribution in [0.4, 0.5) is 0 Å². The highest BCUT2D eigenvalue weighted by Crippen LogP contribution is 2.41. The number of aliphatic imine (C=N–C) groups is 1. The van der Waals surface area contributed by atoms with Crippen molar-refractivity contribution in [1.82, 2.24) is 10.6 Å². The number of rotatable bonds is 10. The quantitative estimate of drug-likeness (QED) is 0.472. The van der Waals surface area contributed by atoms with E-state index in [1.165, 1.54) is 38.5 Å².